The number of likely N-dealkylation sites (tertiary alicyclic amines) is 1. The third-order valence-electron chi connectivity index (χ3n) is 4.67. The van der Waals surface area contributed by atoms with Gasteiger partial charge >= 0.3 is 5.97 Å². The molecular formula is C18H21NO4. The van der Waals surface area contributed by atoms with Crippen LogP contribution < -0.4 is 4.74 Å². The van der Waals surface area contributed by atoms with E-state index in [2.05, 4.69) is 6.58 Å². The van der Waals surface area contributed by atoms with Gasteiger partial charge in [-0.15, -0.1) is 0 Å². The van der Waals surface area contributed by atoms with Crippen molar-refractivity contribution < 1.29 is 19.4 Å². The van der Waals surface area contributed by atoms with E-state index in [-0.39, 0.29) is 18.4 Å². The van der Waals surface area contributed by atoms with Crippen molar-refractivity contribution in [2.24, 2.45) is 17.8 Å². The number of carbonyl (C=O) groups excluding carboxylic acids is 1. The average molecular weight is 315 g/mol. The number of rotatable bonds is 6. The Balaban J connectivity index is 1.78. The first-order valence-corrected chi connectivity index (χ1v) is 7.96. The minimum atomic E-state index is -0.798. The van der Waals surface area contributed by atoms with E-state index < -0.39 is 11.9 Å². The summed E-state index contributed by atoms with van der Waals surface area (Å²) in [5, 5.41) is 9.43. The lowest BCUT2D eigenvalue weighted by Crippen LogP contribution is -2.30. The molecule has 1 saturated heterocycles. The van der Waals surface area contributed by atoms with Gasteiger partial charge in [0.15, 0.2) is 0 Å². The molecule has 5 nitrogen and oxygen atoms in total. The first-order valence-electron chi connectivity index (χ1n) is 7.96. The zero-order valence-electron chi connectivity index (χ0n) is 13.0. The highest BCUT2D eigenvalue weighted by atomic mass is 16.5. The van der Waals surface area contributed by atoms with Gasteiger partial charge in [0.05, 0.1) is 11.5 Å². The van der Waals surface area contributed by atoms with E-state index in [9.17, 15) is 14.7 Å². The molecule has 1 aliphatic heterocycles. The molecule has 1 heterocycles. The van der Waals surface area contributed by atoms with Gasteiger partial charge in [0.25, 0.3) is 5.91 Å². The zero-order chi connectivity index (χ0) is 16.4. The molecule has 0 bridgehead atoms. The van der Waals surface area contributed by atoms with E-state index in [1.807, 2.05) is 6.07 Å². The van der Waals surface area contributed by atoms with Crippen LogP contribution >= 0.6 is 0 Å². The Morgan fingerprint density at radius 3 is 2.70 bits per heavy atom. The smallest absolute Gasteiger partial charge is 0.308 e. The minimum absolute atomic E-state index is 0.0812. The van der Waals surface area contributed by atoms with Crippen LogP contribution in [-0.4, -0.2) is 41.6 Å². The van der Waals surface area contributed by atoms with Crippen molar-refractivity contribution in [1.29, 1.82) is 0 Å². The van der Waals surface area contributed by atoms with Crippen LogP contribution in [0.2, 0.25) is 0 Å². The van der Waals surface area contributed by atoms with Crippen LogP contribution in [0.3, 0.4) is 0 Å². The van der Waals surface area contributed by atoms with Crippen LogP contribution in [0.4, 0.5) is 0 Å². The molecule has 0 unspecified atom stereocenters. The lowest BCUT2D eigenvalue weighted by atomic mass is 9.92. The van der Waals surface area contributed by atoms with Crippen molar-refractivity contribution in [1.82, 2.24) is 4.90 Å². The van der Waals surface area contributed by atoms with E-state index in [0.717, 1.165) is 12.8 Å². The Morgan fingerprint density at radius 1 is 1.30 bits per heavy atom. The number of nitrogens with zero attached hydrogens (tertiary/aromatic N) is 1. The maximum Gasteiger partial charge on any atom is 0.308 e. The average Bonchev–Trinajstić information content (AvgIpc) is 3.30. The molecule has 1 N–H and O–H groups in total. The van der Waals surface area contributed by atoms with Gasteiger partial charge in [-0.05, 0) is 36.8 Å². The molecule has 2 fully saturated rings. The summed E-state index contributed by atoms with van der Waals surface area (Å²) in [6.45, 7) is 4.74. The predicted molar refractivity (Wildman–Crippen MR) is 85.4 cm³/mol. The normalized spacial score (nSPS) is 23.6. The number of aliphatic carboxylic acids is 1. The molecule has 0 radical (unpaired) electrons. The van der Waals surface area contributed by atoms with E-state index in [1.165, 1.54) is 0 Å². The van der Waals surface area contributed by atoms with Gasteiger partial charge in [-0.1, -0.05) is 24.8 Å². The SMILES string of the molecule is C=CCOc1ccccc1C(=O)N1C[C@H](C(=O)O)[C@@H](C2CC2)C1. The lowest BCUT2D eigenvalue weighted by molar-refractivity contribution is -0.142. The van der Waals surface area contributed by atoms with Gasteiger partial charge < -0.3 is 14.7 Å². The van der Waals surface area contributed by atoms with Crippen LogP contribution in [0.15, 0.2) is 36.9 Å². The highest BCUT2D eigenvalue weighted by Crippen LogP contribution is 2.44. The first kappa shape index (κ1) is 15.6. The summed E-state index contributed by atoms with van der Waals surface area (Å²) in [5.41, 5.74) is 0.481. The second-order valence-corrected chi connectivity index (χ2v) is 6.25. The van der Waals surface area contributed by atoms with Crippen LogP contribution in [0, 0.1) is 17.8 Å². The van der Waals surface area contributed by atoms with Gasteiger partial charge in [0.1, 0.15) is 12.4 Å². The van der Waals surface area contributed by atoms with Crippen molar-refractivity contribution in [2.75, 3.05) is 19.7 Å². The summed E-state index contributed by atoms with van der Waals surface area (Å²) in [5.74, 6) is -0.349. The number of carbonyl (C=O) groups is 2. The molecule has 0 aromatic heterocycles. The van der Waals surface area contributed by atoms with Crippen molar-refractivity contribution in [2.45, 2.75) is 12.8 Å². The van der Waals surface area contributed by atoms with E-state index >= 15 is 0 Å². The summed E-state index contributed by atoms with van der Waals surface area (Å²) >= 11 is 0. The van der Waals surface area contributed by atoms with Crippen molar-refractivity contribution in [3.05, 3.63) is 42.5 Å². The first-order chi connectivity index (χ1) is 11.1. The van der Waals surface area contributed by atoms with Gasteiger partial charge in [-0.2, -0.15) is 0 Å². The number of hydrogen-bond acceptors (Lipinski definition) is 3. The molecule has 5 heteroatoms. The molecule has 1 aliphatic carbocycles. The molecule has 1 aromatic rings. The minimum Gasteiger partial charge on any atom is -0.489 e. The van der Waals surface area contributed by atoms with Crippen LogP contribution in [0.5, 0.6) is 5.75 Å². The van der Waals surface area contributed by atoms with Gasteiger partial charge in [0, 0.05) is 13.1 Å². The summed E-state index contributed by atoms with van der Waals surface area (Å²) in [6.07, 6.45) is 3.78. The summed E-state index contributed by atoms with van der Waals surface area (Å²) in [7, 11) is 0. The van der Waals surface area contributed by atoms with Crippen molar-refractivity contribution in [3.8, 4) is 5.75 Å². The van der Waals surface area contributed by atoms with Gasteiger partial charge in [0.2, 0.25) is 0 Å². The lowest BCUT2D eigenvalue weighted by Gasteiger charge is -2.18. The molecule has 0 spiro atoms. The molecule has 1 saturated carbocycles. The number of carboxylic acids is 1. The van der Waals surface area contributed by atoms with Crippen molar-refractivity contribution >= 4 is 11.9 Å². The number of ether oxygens (including phenoxy) is 1. The zero-order valence-corrected chi connectivity index (χ0v) is 13.0. The van der Waals surface area contributed by atoms with E-state index in [0.29, 0.717) is 30.4 Å². The Kier molecular flexibility index (Phi) is 4.37. The summed E-state index contributed by atoms with van der Waals surface area (Å²) in [4.78, 5) is 26.0. The topological polar surface area (TPSA) is 66.8 Å². The Labute approximate surface area is 135 Å². The van der Waals surface area contributed by atoms with E-state index in [4.69, 9.17) is 4.74 Å². The maximum atomic E-state index is 12.8. The number of hydrogen-bond donors (Lipinski definition) is 1. The second-order valence-electron chi connectivity index (χ2n) is 6.25. The van der Waals surface area contributed by atoms with Gasteiger partial charge in [-0.3, -0.25) is 9.59 Å². The fraction of sp³-hybridized carbons (Fsp3) is 0.444. The van der Waals surface area contributed by atoms with Crippen LogP contribution in [0.1, 0.15) is 23.2 Å². The highest BCUT2D eigenvalue weighted by molar-refractivity contribution is 5.97. The summed E-state index contributed by atoms with van der Waals surface area (Å²) in [6, 6.07) is 7.07. The Morgan fingerprint density at radius 2 is 2.04 bits per heavy atom. The Bertz CT molecular complexity index is 623. The molecule has 2 aliphatic rings. The molecule has 122 valence electrons. The number of carboxylic acid groups (broad SMARTS) is 1. The molecular weight excluding hydrogens is 294 g/mol. The summed E-state index contributed by atoms with van der Waals surface area (Å²) < 4.78 is 5.55. The second kappa shape index (κ2) is 6.44. The van der Waals surface area contributed by atoms with Gasteiger partial charge in [-0.25, -0.2) is 0 Å². The molecule has 1 amide bonds. The quantitative estimate of drug-likeness (QED) is 0.819. The number of amides is 1. The van der Waals surface area contributed by atoms with Crippen LogP contribution in [0.25, 0.3) is 0 Å². The van der Waals surface area contributed by atoms with E-state index in [1.54, 1.807) is 29.2 Å². The molecule has 3 rings (SSSR count). The highest BCUT2D eigenvalue weighted by Gasteiger charge is 2.47. The van der Waals surface area contributed by atoms with Crippen molar-refractivity contribution in [3.63, 3.8) is 0 Å². The maximum absolute atomic E-state index is 12.8. The fourth-order valence-corrected chi connectivity index (χ4v) is 3.35. The monoisotopic (exact) mass is 315 g/mol. The third kappa shape index (κ3) is 3.23. The molecule has 2 atom stereocenters. The predicted octanol–water partition coefficient (Wildman–Crippen LogP) is 2.43. The molecule has 1 aromatic carbocycles. The third-order valence-corrected chi connectivity index (χ3v) is 4.67. The largest absolute Gasteiger partial charge is 0.489 e. The van der Waals surface area contributed by atoms with Crippen LogP contribution in [-0.2, 0) is 4.79 Å². The standard InChI is InChI=1S/C18H21NO4/c1-2-9-23-16-6-4-3-5-13(16)17(20)19-10-14(12-7-8-12)15(11-19)18(21)22/h2-6,12,14-15H,1,7-11H2,(H,21,22)/t14-,15+/m1/s1. The number of benzene rings is 1. The number of para-hydroxylation sites is 1. The fourth-order valence-electron chi connectivity index (χ4n) is 3.35. The molecule has 23 heavy (non-hydrogen) atoms. The Hall–Kier alpha value is -2.30.